The molecule has 2 rings (SSSR count). The van der Waals surface area contributed by atoms with Gasteiger partial charge in [0, 0.05) is 11.4 Å². The van der Waals surface area contributed by atoms with Crippen LogP contribution in [-0.2, 0) is 6.54 Å². The van der Waals surface area contributed by atoms with Crippen molar-refractivity contribution in [1.82, 2.24) is 5.32 Å². The maximum Gasteiger partial charge on any atom is 0.250 e. The lowest BCUT2D eigenvalue weighted by atomic mass is 10.1. The fourth-order valence-electron chi connectivity index (χ4n) is 1.97. The van der Waals surface area contributed by atoms with Crippen molar-refractivity contribution in [3.05, 3.63) is 40.8 Å². The van der Waals surface area contributed by atoms with Crippen LogP contribution in [0.5, 0.6) is 5.75 Å². The van der Waals surface area contributed by atoms with E-state index in [1.807, 2.05) is 36.6 Å². The molecule has 2 aromatic rings. The fraction of sp³-hybridized carbons (Fsp3) is 0.333. The van der Waals surface area contributed by atoms with Gasteiger partial charge in [-0.05, 0) is 53.3 Å². The third-order valence-electron chi connectivity index (χ3n) is 3.11. The van der Waals surface area contributed by atoms with Crippen LogP contribution in [0.4, 0.5) is 8.78 Å². The molecule has 0 aliphatic rings. The van der Waals surface area contributed by atoms with E-state index >= 15 is 0 Å². The molecule has 1 aromatic heterocycles. The molecule has 108 valence electrons. The largest absolute Gasteiger partial charge is 0.497 e. The minimum absolute atomic E-state index is 0.271. The monoisotopic (exact) mass is 297 g/mol. The Hall–Kier alpha value is -1.46. The number of benzene rings is 1. The van der Waals surface area contributed by atoms with E-state index in [0.29, 0.717) is 6.54 Å². The Kier molecular flexibility index (Phi) is 5.09. The van der Waals surface area contributed by atoms with Crippen molar-refractivity contribution in [2.45, 2.75) is 19.9 Å². The number of nitrogens with one attached hydrogen (secondary N) is 1. The van der Waals surface area contributed by atoms with E-state index in [4.69, 9.17) is 4.74 Å². The Bertz CT molecular complexity index is 552. The molecule has 0 bridgehead atoms. The Morgan fingerprint density at radius 3 is 2.55 bits per heavy atom. The van der Waals surface area contributed by atoms with Crippen LogP contribution < -0.4 is 10.1 Å². The number of hydrogen-bond donors (Lipinski definition) is 1. The topological polar surface area (TPSA) is 21.3 Å². The van der Waals surface area contributed by atoms with Gasteiger partial charge >= 0.3 is 0 Å². The third kappa shape index (κ3) is 3.55. The summed E-state index contributed by atoms with van der Waals surface area (Å²) in [4.78, 5) is 1.17. The third-order valence-corrected chi connectivity index (χ3v) is 4.29. The lowest BCUT2D eigenvalue weighted by Crippen LogP contribution is -2.20. The molecule has 0 fully saturated rings. The molecule has 1 N–H and O–H groups in total. The minimum atomic E-state index is -2.31. The summed E-state index contributed by atoms with van der Waals surface area (Å²) >= 11 is 1.63. The van der Waals surface area contributed by atoms with Crippen molar-refractivity contribution < 1.29 is 13.5 Å². The van der Waals surface area contributed by atoms with E-state index in [2.05, 4.69) is 5.32 Å². The Balaban J connectivity index is 2.11. The summed E-state index contributed by atoms with van der Waals surface area (Å²) in [5, 5.41) is 4.78. The van der Waals surface area contributed by atoms with Gasteiger partial charge < -0.3 is 10.1 Å². The van der Waals surface area contributed by atoms with Crippen LogP contribution in [0.15, 0.2) is 29.6 Å². The highest BCUT2D eigenvalue weighted by molar-refractivity contribution is 7.14. The number of thiophene rings is 1. The molecule has 0 aliphatic carbocycles. The second kappa shape index (κ2) is 6.81. The van der Waals surface area contributed by atoms with Crippen LogP contribution in [0.3, 0.4) is 0 Å². The van der Waals surface area contributed by atoms with Gasteiger partial charge in [-0.25, -0.2) is 8.78 Å². The van der Waals surface area contributed by atoms with Crippen LogP contribution in [0.1, 0.15) is 11.1 Å². The van der Waals surface area contributed by atoms with E-state index in [1.165, 1.54) is 4.88 Å². The Labute approximate surface area is 121 Å². The van der Waals surface area contributed by atoms with Crippen molar-refractivity contribution >= 4 is 11.3 Å². The molecular formula is C15H17F2NOS. The summed E-state index contributed by atoms with van der Waals surface area (Å²) in [5.41, 5.74) is 3.33. The molecule has 2 nitrogen and oxygen atoms in total. The molecule has 20 heavy (non-hydrogen) atoms. The predicted octanol–water partition coefficient (Wildman–Crippen LogP) is 4.09. The second-order valence-electron chi connectivity index (χ2n) is 4.47. The van der Waals surface area contributed by atoms with Crippen LogP contribution in [-0.4, -0.2) is 20.1 Å². The van der Waals surface area contributed by atoms with Gasteiger partial charge in [0.05, 0.1) is 13.7 Å². The molecule has 1 heterocycles. The van der Waals surface area contributed by atoms with E-state index in [9.17, 15) is 8.78 Å². The maximum atomic E-state index is 12.1. The van der Waals surface area contributed by atoms with Gasteiger partial charge in [-0.15, -0.1) is 11.3 Å². The smallest absolute Gasteiger partial charge is 0.250 e. The number of hydrogen-bond acceptors (Lipinski definition) is 3. The van der Waals surface area contributed by atoms with Crippen LogP contribution >= 0.6 is 11.3 Å². The first kappa shape index (κ1) is 14.9. The zero-order valence-corrected chi connectivity index (χ0v) is 12.3. The molecule has 0 saturated carbocycles. The molecule has 1 aromatic carbocycles. The van der Waals surface area contributed by atoms with Gasteiger partial charge in [0.2, 0.25) is 0 Å². The average Bonchev–Trinajstić information content (AvgIpc) is 2.80. The highest BCUT2D eigenvalue weighted by atomic mass is 32.1. The molecule has 0 radical (unpaired) electrons. The van der Waals surface area contributed by atoms with Crippen molar-refractivity contribution in [3.8, 4) is 16.2 Å². The average molecular weight is 297 g/mol. The molecule has 5 heteroatoms. The number of methoxy groups -OCH3 is 1. The lowest BCUT2D eigenvalue weighted by Gasteiger charge is -2.05. The summed E-state index contributed by atoms with van der Waals surface area (Å²) in [6.45, 7) is 2.23. The maximum absolute atomic E-state index is 12.1. The molecule has 0 unspecified atom stereocenters. The second-order valence-corrected chi connectivity index (χ2v) is 5.35. The Morgan fingerprint density at radius 1 is 1.25 bits per heavy atom. The highest BCUT2D eigenvalue weighted by Gasteiger charge is 2.10. The first-order chi connectivity index (χ1) is 9.61. The predicted molar refractivity (Wildman–Crippen MR) is 78.8 cm³/mol. The zero-order valence-electron chi connectivity index (χ0n) is 11.5. The van der Waals surface area contributed by atoms with E-state index in [0.717, 1.165) is 22.4 Å². The normalized spacial score (nSPS) is 11.1. The number of alkyl halides is 2. The van der Waals surface area contributed by atoms with E-state index in [-0.39, 0.29) is 6.54 Å². The summed E-state index contributed by atoms with van der Waals surface area (Å²) < 4.78 is 29.4. The standard InChI is InChI=1S/C15H17F2NOS/c1-10-12(7-18-8-14(16)17)9-20-15(10)11-3-5-13(19-2)6-4-11/h3-6,9,14,18H,7-8H2,1-2H3. The van der Waals surface area contributed by atoms with Gasteiger partial charge in [-0.2, -0.15) is 0 Å². The first-order valence-corrected chi connectivity index (χ1v) is 7.20. The zero-order chi connectivity index (χ0) is 14.5. The molecule has 0 amide bonds. The van der Waals surface area contributed by atoms with Gasteiger partial charge in [0.15, 0.2) is 0 Å². The summed E-state index contributed by atoms with van der Waals surface area (Å²) in [6, 6.07) is 7.86. The van der Waals surface area contributed by atoms with Gasteiger partial charge in [-0.1, -0.05) is 0 Å². The van der Waals surface area contributed by atoms with Crippen molar-refractivity contribution in [2.24, 2.45) is 0 Å². The van der Waals surface area contributed by atoms with E-state index < -0.39 is 6.43 Å². The van der Waals surface area contributed by atoms with Crippen molar-refractivity contribution in [1.29, 1.82) is 0 Å². The van der Waals surface area contributed by atoms with Crippen LogP contribution in [0, 0.1) is 6.92 Å². The van der Waals surface area contributed by atoms with E-state index in [1.54, 1.807) is 18.4 Å². The number of rotatable bonds is 6. The number of ether oxygens (including phenoxy) is 1. The molecular weight excluding hydrogens is 280 g/mol. The van der Waals surface area contributed by atoms with Crippen LogP contribution in [0.25, 0.3) is 10.4 Å². The summed E-state index contributed by atoms with van der Waals surface area (Å²) in [6.07, 6.45) is -2.31. The Morgan fingerprint density at radius 2 is 1.95 bits per heavy atom. The van der Waals surface area contributed by atoms with Gasteiger partial charge in [-0.3, -0.25) is 0 Å². The SMILES string of the molecule is COc1ccc(-c2scc(CNCC(F)F)c2C)cc1. The van der Waals surface area contributed by atoms with Gasteiger partial charge in [0.1, 0.15) is 5.75 Å². The highest BCUT2D eigenvalue weighted by Crippen LogP contribution is 2.33. The minimum Gasteiger partial charge on any atom is -0.497 e. The quantitative estimate of drug-likeness (QED) is 0.867. The molecule has 0 spiro atoms. The van der Waals surface area contributed by atoms with Crippen LogP contribution in [0.2, 0.25) is 0 Å². The molecule has 0 aliphatic heterocycles. The van der Waals surface area contributed by atoms with Gasteiger partial charge in [0.25, 0.3) is 6.43 Å². The summed E-state index contributed by atoms with van der Waals surface area (Å²) in [7, 11) is 1.64. The molecule has 0 saturated heterocycles. The summed E-state index contributed by atoms with van der Waals surface area (Å²) in [5.74, 6) is 0.821. The van der Waals surface area contributed by atoms with Crippen molar-refractivity contribution in [2.75, 3.05) is 13.7 Å². The molecule has 0 atom stereocenters. The first-order valence-electron chi connectivity index (χ1n) is 6.32. The van der Waals surface area contributed by atoms with Crippen molar-refractivity contribution in [3.63, 3.8) is 0 Å². The number of halogens is 2. The fourth-order valence-corrected chi connectivity index (χ4v) is 3.07. The lowest BCUT2D eigenvalue weighted by molar-refractivity contribution is 0.145.